The maximum Gasteiger partial charge on any atom is 0.416 e. The second kappa shape index (κ2) is 11.3. The van der Waals surface area contributed by atoms with Crippen LogP contribution in [-0.2, 0) is 10.9 Å². The average Bonchev–Trinajstić information content (AvgIpc) is 2.78. The van der Waals surface area contributed by atoms with Gasteiger partial charge in [0.05, 0.1) is 12.1 Å². The van der Waals surface area contributed by atoms with Crippen molar-refractivity contribution in [3.63, 3.8) is 0 Å². The number of halogens is 3. The van der Waals surface area contributed by atoms with Crippen LogP contribution in [0.5, 0.6) is 0 Å². The Morgan fingerprint density at radius 1 is 1.06 bits per heavy atom. The first-order valence-electron chi connectivity index (χ1n) is 12.1. The van der Waals surface area contributed by atoms with Gasteiger partial charge in [0, 0.05) is 12.2 Å². The summed E-state index contributed by atoms with van der Waals surface area (Å²) < 4.78 is 45.2. The largest absolute Gasteiger partial charge is 0.492 e. The Morgan fingerprint density at radius 2 is 1.71 bits per heavy atom. The number of anilines is 1. The number of alkyl halides is 3. The second-order valence-electron chi connectivity index (χ2n) is 10.3. The van der Waals surface area contributed by atoms with Crippen molar-refractivity contribution in [2.24, 2.45) is 11.8 Å². The fourth-order valence-electron chi connectivity index (χ4n) is 4.85. The minimum absolute atomic E-state index is 0.188. The zero-order valence-electron chi connectivity index (χ0n) is 20.4. The predicted octanol–water partition coefficient (Wildman–Crippen LogP) is 7.24. The van der Waals surface area contributed by atoms with Gasteiger partial charge in [0.2, 0.25) is 0 Å². The summed E-state index contributed by atoms with van der Waals surface area (Å²) in [5, 5.41) is 6.74. The Bertz CT molecular complexity index is 895. The molecule has 1 aliphatic heterocycles. The fourth-order valence-corrected chi connectivity index (χ4v) is 4.85. The van der Waals surface area contributed by atoms with Crippen LogP contribution in [0, 0.1) is 11.8 Å². The lowest BCUT2D eigenvalue weighted by Gasteiger charge is -2.41. The standard InChI is InChI=1S/C22H31F3N2O.C6H6/c1-14(28-21(2,3)4)11-26-12-15-5-6-16-13-27-20-8-7-17(22(23,24)25)10-19(20)18(16)9-15;1-2-4-6-5-3-1/h7-8,10,15-16,18,26-27H,1,5-6,9,11-13H2,2-4H3;1-6H. The zero-order valence-corrected chi connectivity index (χ0v) is 20.4. The van der Waals surface area contributed by atoms with Crippen molar-refractivity contribution in [3.8, 4) is 0 Å². The van der Waals surface area contributed by atoms with Gasteiger partial charge in [0.1, 0.15) is 11.4 Å². The van der Waals surface area contributed by atoms with Crippen LogP contribution in [-0.4, -0.2) is 25.2 Å². The Kier molecular flexibility index (Phi) is 8.69. The van der Waals surface area contributed by atoms with Crippen LogP contribution in [0.1, 0.15) is 57.1 Å². The van der Waals surface area contributed by atoms with E-state index in [1.54, 1.807) is 6.07 Å². The first-order valence-corrected chi connectivity index (χ1v) is 12.1. The minimum atomic E-state index is -4.30. The molecule has 0 radical (unpaired) electrons. The van der Waals surface area contributed by atoms with Crippen LogP contribution in [0.4, 0.5) is 18.9 Å². The molecule has 2 aromatic rings. The molecule has 0 aromatic heterocycles. The van der Waals surface area contributed by atoms with E-state index in [1.807, 2.05) is 57.2 Å². The molecule has 34 heavy (non-hydrogen) atoms. The monoisotopic (exact) mass is 474 g/mol. The van der Waals surface area contributed by atoms with Crippen LogP contribution < -0.4 is 10.6 Å². The van der Waals surface area contributed by atoms with E-state index in [2.05, 4.69) is 17.2 Å². The lowest BCUT2D eigenvalue weighted by atomic mass is 9.69. The minimum Gasteiger partial charge on any atom is -0.492 e. The van der Waals surface area contributed by atoms with Crippen LogP contribution >= 0.6 is 0 Å². The molecular formula is C28H37F3N2O. The summed E-state index contributed by atoms with van der Waals surface area (Å²) >= 11 is 0. The quantitative estimate of drug-likeness (QED) is 0.448. The van der Waals surface area contributed by atoms with Crippen molar-refractivity contribution in [1.29, 1.82) is 0 Å². The molecule has 4 rings (SSSR count). The SMILES string of the molecule is C=C(CNCC1CCC2CNc3ccc(C(F)(F)F)cc3C2C1)OC(C)(C)C.c1ccccc1. The Balaban J connectivity index is 0.000000469. The zero-order chi connectivity index (χ0) is 24.8. The molecule has 6 heteroatoms. The summed E-state index contributed by atoms with van der Waals surface area (Å²) in [6.07, 6.45) is -1.25. The molecule has 2 aliphatic rings. The van der Waals surface area contributed by atoms with Crippen LogP contribution in [0.15, 0.2) is 66.9 Å². The van der Waals surface area contributed by atoms with Gasteiger partial charge in [-0.1, -0.05) is 43.0 Å². The van der Waals surface area contributed by atoms with Crippen molar-refractivity contribution in [2.75, 3.05) is 25.0 Å². The van der Waals surface area contributed by atoms with Crippen molar-refractivity contribution in [1.82, 2.24) is 5.32 Å². The molecule has 3 nitrogen and oxygen atoms in total. The highest BCUT2D eigenvalue weighted by molar-refractivity contribution is 5.57. The van der Waals surface area contributed by atoms with Crippen LogP contribution in [0.3, 0.4) is 0 Å². The molecule has 2 N–H and O–H groups in total. The fraction of sp³-hybridized carbons (Fsp3) is 0.500. The summed E-state index contributed by atoms with van der Waals surface area (Å²) in [7, 11) is 0. The van der Waals surface area contributed by atoms with Crippen molar-refractivity contribution in [3.05, 3.63) is 78.1 Å². The van der Waals surface area contributed by atoms with Gasteiger partial charge in [-0.15, -0.1) is 0 Å². The topological polar surface area (TPSA) is 33.3 Å². The number of rotatable bonds is 5. The van der Waals surface area contributed by atoms with E-state index in [9.17, 15) is 13.2 Å². The smallest absolute Gasteiger partial charge is 0.416 e. The lowest BCUT2D eigenvalue weighted by molar-refractivity contribution is -0.137. The maximum atomic E-state index is 13.2. The average molecular weight is 475 g/mol. The number of ether oxygens (including phenoxy) is 1. The van der Waals surface area contributed by atoms with E-state index in [-0.39, 0.29) is 11.5 Å². The number of nitrogens with one attached hydrogen (secondary N) is 2. The van der Waals surface area contributed by atoms with E-state index in [4.69, 9.17) is 4.74 Å². The molecule has 1 aliphatic carbocycles. The van der Waals surface area contributed by atoms with Gasteiger partial charge in [-0.3, -0.25) is 0 Å². The van der Waals surface area contributed by atoms with Gasteiger partial charge in [-0.05, 0) is 88.1 Å². The van der Waals surface area contributed by atoms with Crippen molar-refractivity contribution < 1.29 is 17.9 Å². The first kappa shape index (κ1) is 26.1. The Labute approximate surface area is 201 Å². The maximum absolute atomic E-state index is 13.2. The van der Waals surface area contributed by atoms with Crippen molar-refractivity contribution in [2.45, 2.75) is 57.7 Å². The van der Waals surface area contributed by atoms with Gasteiger partial charge in [-0.2, -0.15) is 13.2 Å². The van der Waals surface area contributed by atoms with Crippen molar-refractivity contribution >= 4 is 5.69 Å². The highest BCUT2D eigenvalue weighted by Crippen LogP contribution is 2.47. The lowest BCUT2D eigenvalue weighted by Crippen LogP contribution is -2.36. The summed E-state index contributed by atoms with van der Waals surface area (Å²) in [4.78, 5) is 0. The van der Waals surface area contributed by atoms with E-state index >= 15 is 0 Å². The molecule has 1 heterocycles. The molecule has 2 aromatic carbocycles. The highest BCUT2D eigenvalue weighted by Gasteiger charge is 2.38. The second-order valence-corrected chi connectivity index (χ2v) is 10.3. The highest BCUT2D eigenvalue weighted by atomic mass is 19.4. The van der Waals surface area contributed by atoms with Gasteiger partial charge in [0.25, 0.3) is 0 Å². The van der Waals surface area contributed by atoms with Gasteiger partial charge in [-0.25, -0.2) is 0 Å². The summed E-state index contributed by atoms with van der Waals surface area (Å²) in [5.41, 5.74) is 0.877. The molecule has 3 atom stereocenters. The number of hydrogen-bond donors (Lipinski definition) is 2. The molecule has 0 bridgehead atoms. The van der Waals surface area contributed by atoms with Gasteiger partial charge >= 0.3 is 6.18 Å². The van der Waals surface area contributed by atoms with Gasteiger partial charge < -0.3 is 15.4 Å². The van der Waals surface area contributed by atoms with Crippen LogP contribution in [0.2, 0.25) is 0 Å². The normalized spacial score (nSPS) is 21.8. The predicted molar refractivity (Wildman–Crippen MR) is 133 cm³/mol. The number of hydrogen-bond acceptors (Lipinski definition) is 3. The van der Waals surface area contributed by atoms with E-state index in [0.717, 1.165) is 43.6 Å². The summed E-state index contributed by atoms with van der Waals surface area (Å²) in [6, 6.07) is 16.1. The molecular weight excluding hydrogens is 437 g/mol. The number of fused-ring (bicyclic) bond motifs is 3. The Morgan fingerprint density at radius 3 is 2.29 bits per heavy atom. The third kappa shape index (κ3) is 7.79. The first-order chi connectivity index (χ1) is 16.0. The van der Waals surface area contributed by atoms with E-state index in [0.29, 0.717) is 24.1 Å². The Hall–Kier alpha value is -2.47. The molecule has 1 saturated carbocycles. The number of benzene rings is 2. The third-order valence-corrected chi connectivity index (χ3v) is 6.31. The molecule has 186 valence electrons. The molecule has 0 spiro atoms. The molecule has 0 saturated heterocycles. The summed E-state index contributed by atoms with van der Waals surface area (Å²) in [6.45, 7) is 12.2. The van der Waals surface area contributed by atoms with E-state index < -0.39 is 11.7 Å². The molecule has 3 unspecified atom stereocenters. The third-order valence-electron chi connectivity index (χ3n) is 6.31. The van der Waals surface area contributed by atoms with E-state index in [1.165, 1.54) is 12.1 Å². The molecule has 1 fully saturated rings. The summed E-state index contributed by atoms with van der Waals surface area (Å²) in [5.74, 6) is 1.76. The van der Waals surface area contributed by atoms with Gasteiger partial charge in [0.15, 0.2) is 0 Å². The molecule has 0 amide bonds. The van der Waals surface area contributed by atoms with Crippen LogP contribution in [0.25, 0.3) is 0 Å².